The van der Waals surface area contributed by atoms with E-state index in [1.54, 1.807) is 18.2 Å². The third kappa shape index (κ3) is 2.41. The van der Waals surface area contributed by atoms with Gasteiger partial charge in [-0.15, -0.1) is 0 Å². The van der Waals surface area contributed by atoms with Gasteiger partial charge in [-0.2, -0.15) is 0 Å². The summed E-state index contributed by atoms with van der Waals surface area (Å²) in [6, 6.07) is 6.30. The van der Waals surface area contributed by atoms with Crippen LogP contribution in [0.2, 0.25) is 0 Å². The lowest BCUT2D eigenvalue weighted by atomic mass is 9.97. The Labute approximate surface area is 110 Å². The fraction of sp³-hybridized carbons (Fsp3) is 0.429. The smallest absolute Gasteiger partial charge is 0.339 e. The molecule has 1 aromatic carbocycles. The zero-order valence-corrected chi connectivity index (χ0v) is 10.6. The van der Waals surface area contributed by atoms with Crippen molar-refractivity contribution in [2.45, 2.75) is 32.3 Å². The number of carboxylic acid groups (broad SMARTS) is 2. The van der Waals surface area contributed by atoms with Gasteiger partial charge in [-0.25, -0.2) is 4.79 Å². The standard InChI is InChI=1S/C14H16O5/c1-2-11(14(7-8-14)13(17)18)19-10-6-4-3-5-9(10)12(15)16/h3-6,11H,2,7-8H2,1H3,(H,15,16)(H,17,18). The van der Waals surface area contributed by atoms with E-state index in [0.29, 0.717) is 19.3 Å². The third-order valence-electron chi connectivity index (χ3n) is 3.59. The molecular formula is C14H16O5. The van der Waals surface area contributed by atoms with Crippen molar-refractivity contribution in [1.29, 1.82) is 0 Å². The summed E-state index contributed by atoms with van der Waals surface area (Å²) in [6.45, 7) is 1.84. The molecule has 0 heterocycles. The van der Waals surface area contributed by atoms with Crippen LogP contribution in [0.5, 0.6) is 5.75 Å². The third-order valence-corrected chi connectivity index (χ3v) is 3.59. The molecule has 1 aliphatic carbocycles. The van der Waals surface area contributed by atoms with Crippen LogP contribution in [0.25, 0.3) is 0 Å². The number of benzene rings is 1. The number of hydrogen-bond donors (Lipinski definition) is 2. The number of aliphatic carboxylic acids is 1. The molecule has 0 aliphatic heterocycles. The summed E-state index contributed by atoms with van der Waals surface area (Å²) in [5, 5.41) is 18.3. The second kappa shape index (κ2) is 4.91. The zero-order valence-electron chi connectivity index (χ0n) is 10.6. The number of rotatable bonds is 6. The molecule has 0 aromatic heterocycles. The molecule has 1 saturated carbocycles. The SMILES string of the molecule is CCC(Oc1ccccc1C(=O)O)C1(C(=O)O)CC1. The number of carbonyl (C=O) groups is 2. The first-order chi connectivity index (χ1) is 9.01. The van der Waals surface area contributed by atoms with Gasteiger partial charge in [0.05, 0.1) is 0 Å². The van der Waals surface area contributed by atoms with Crippen LogP contribution in [0.15, 0.2) is 24.3 Å². The highest BCUT2D eigenvalue weighted by molar-refractivity contribution is 5.90. The van der Waals surface area contributed by atoms with Crippen molar-refractivity contribution in [3.8, 4) is 5.75 Å². The van der Waals surface area contributed by atoms with Gasteiger partial charge in [0, 0.05) is 0 Å². The molecule has 5 heteroatoms. The number of hydrogen-bond acceptors (Lipinski definition) is 3. The van der Waals surface area contributed by atoms with Crippen LogP contribution in [0.1, 0.15) is 36.5 Å². The number of ether oxygens (including phenoxy) is 1. The molecule has 19 heavy (non-hydrogen) atoms. The molecule has 1 atom stereocenters. The predicted molar refractivity (Wildman–Crippen MR) is 67.4 cm³/mol. The average molecular weight is 264 g/mol. The lowest BCUT2D eigenvalue weighted by molar-refractivity contribution is -0.147. The van der Waals surface area contributed by atoms with Gasteiger partial charge < -0.3 is 14.9 Å². The summed E-state index contributed by atoms with van der Waals surface area (Å²) >= 11 is 0. The second-order valence-electron chi connectivity index (χ2n) is 4.78. The fourth-order valence-electron chi connectivity index (χ4n) is 2.29. The molecule has 102 valence electrons. The lowest BCUT2D eigenvalue weighted by Gasteiger charge is -2.24. The van der Waals surface area contributed by atoms with Gasteiger partial charge >= 0.3 is 11.9 Å². The monoisotopic (exact) mass is 264 g/mol. The van der Waals surface area contributed by atoms with Crippen LogP contribution in [0.3, 0.4) is 0 Å². The lowest BCUT2D eigenvalue weighted by Crippen LogP contribution is -2.34. The Morgan fingerprint density at radius 2 is 1.95 bits per heavy atom. The van der Waals surface area contributed by atoms with Gasteiger partial charge in [-0.1, -0.05) is 19.1 Å². The second-order valence-corrected chi connectivity index (χ2v) is 4.78. The van der Waals surface area contributed by atoms with E-state index in [2.05, 4.69) is 0 Å². The van der Waals surface area contributed by atoms with E-state index in [0.717, 1.165) is 0 Å². The van der Waals surface area contributed by atoms with Gasteiger partial charge in [0.15, 0.2) is 0 Å². The first kappa shape index (κ1) is 13.4. The van der Waals surface area contributed by atoms with E-state index in [1.807, 2.05) is 6.92 Å². The van der Waals surface area contributed by atoms with Gasteiger partial charge in [0.1, 0.15) is 22.8 Å². The van der Waals surface area contributed by atoms with Crippen molar-refractivity contribution in [1.82, 2.24) is 0 Å². The maximum Gasteiger partial charge on any atom is 0.339 e. The quantitative estimate of drug-likeness (QED) is 0.824. The molecule has 2 rings (SSSR count). The zero-order chi connectivity index (χ0) is 14.0. The van der Waals surface area contributed by atoms with Crippen molar-refractivity contribution in [3.63, 3.8) is 0 Å². The summed E-state index contributed by atoms with van der Waals surface area (Å²) in [7, 11) is 0. The minimum Gasteiger partial charge on any atom is -0.488 e. The maximum absolute atomic E-state index is 11.3. The van der Waals surface area contributed by atoms with Crippen molar-refractivity contribution in [2.24, 2.45) is 5.41 Å². The van der Waals surface area contributed by atoms with Crippen LogP contribution in [0.4, 0.5) is 0 Å². The summed E-state index contributed by atoms with van der Waals surface area (Å²) in [4.78, 5) is 22.4. The molecular weight excluding hydrogens is 248 g/mol. The Bertz CT molecular complexity index is 504. The Morgan fingerprint density at radius 3 is 2.42 bits per heavy atom. The normalized spacial score (nSPS) is 17.5. The molecule has 0 amide bonds. The van der Waals surface area contributed by atoms with Crippen molar-refractivity contribution >= 4 is 11.9 Å². The van der Waals surface area contributed by atoms with E-state index in [9.17, 15) is 14.7 Å². The number of aromatic carboxylic acids is 1. The Kier molecular flexibility index (Phi) is 3.46. The Hall–Kier alpha value is -2.04. The van der Waals surface area contributed by atoms with Crippen molar-refractivity contribution < 1.29 is 24.5 Å². The number of para-hydroxylation sites is 1. The summed E-state index contributed by atoms with van der Waals surface area (Å²) < 4.78 is 5.68. The average Bonchev–Trinajstić information content (AvgIpc) is 3.17. The molecule has 0 saturated heterocycles. The molecule has 0 bridgehead atoms. The van der Waals surface area contributed by atoms with E-state index in [-0.39, 0.29) is 11.3 Å². The van der Waals surface area contributed by atoms with E-state index < -0.39 is 23.5 Å². The predicted octanol–water partition coefficient (Wildman–Crippen LogP) is 2.41. The van der Waals surface area contributed by atoms with Gasteiger partial charge in [0.2, 0.25) is 0 Å². The van der Waals surface area contributed by atoms with Crippen LogP contribution < -0.4 is 4.74 Å². The largest absolute Gasteiger partial charge is 0.488 e. The minimum absolute atomic E-state index is 0.0575. The van der Waals surface area contributed by atoms with Crippen molar-refractivity contribution in [3.05, 3.63) is 29.8 Å². The van der Waals surface area contributed by atoms with Crippen LogP contribution in [-0.4, -0.2) is 28.3 Å². The maximum atomic E-state index is 11.3. The fourth-order valence-corrected chi connectivity index (χ4v) is 2.29. The topological polar surface area (TPSA) is 83.8 Å². The first-order valence-electron chi connectivity index (χ1n) is 6.23. The van der Waals surface area contributed by atoms with Crippen LogP contribution in [0, 0.1) is 5.41 Å². The molecule has 2 N–H and O–H groups in total. The van der Waals surface area contributed by atoms with E-state index in [4.69, 9.17) is 9.84 Å². The van der Waals surface area contributed by atoms with Gasteiger partial charge in [-0.3, -0.25) is 4.79 Å². The minimum atomic E-state index is -1.08. The summed E-state index contributed by atoms with van der Waals surface area (Å²) in [5.41, 5.74) is -0.789. The highest BCUT2D eigenvalue weighted by Gasteiger charge is 2.57. The molecule has 0 radical (unpaired) electrons. The molecule has 1 unspecified atom stereocenters. The Morgan fingerprint density at radius 1 is 1.32 bits per heavy atom. The van der Waals surface area contributed by atoms with Gasteiger partial charge in [0.25, 0.3) is 0 Å². The molecule has 0 spiro atoms. The highest BCUT2D eigenvalue weighted by Crippen LogP contribution is 2.51. The summed E-state index contributed by atoms with van der Waals surface area (Å²) in [5.74, 6) is -1.72. The molecule has 1 aliphatic rings. The number of carboxylic acids is 2. The highest BCUT2D eigenvalue weighted by atomic mass is 16.5. The first-order valence-corrected chi connectivity index (χ1v) is 6.23. The van der Waals surface area contributed by atoms with E-state index >= 15 is 0 Å². The van der Waals surface area contributed by atoms with E-state index in [1.165, 1.54) is 6.07 Å². The molecule has 5 nitrogen and oxygen atoms in total. The van der Waals surface area contributed by atoms with Crippen molar-refractivity contribution in [2.75, 3.05) is 0 Å². The van der Waals surface area contributed by atoms with Crippen LogP contribution >= 0.6 is 0 Å². The van der Waals surface area contributed by atoms with Gasteiger partial charge in [-0.05, 0) is 31.4 Å². The summed E-state index contributed by atoms with van der Waals surface area (Å²) in [6.07, 6.45) is 1.19. The molecule has 1 fully saturated rings. The molecule has 1 aromatic rings. The van der Waals surface area contributed by atoms with Crippen LogP contribution in [-0.2, 0) is 4.79 Å². The Balaban J connectivity index is 2.25.